The van der Waals surface area contributed by atoms with Crippen LogP contribution in [0.4, 0.5) is 13.2 Å². The van der Waals surface area contributed by atoms with Gasteiger partial charge in [0.25, 0.3) is 0 Å². The Morgan fingerprint density at radius 3 is 2.50 bits per heavy atom. The monoisotopic (exact) mass is 472 g/mol. The molecule has 0 aliphatic heterocycles. The minimum Gasteiger partial charge on any atom is -0.486 e. The molecular weight excluding hydrogens is 433 g/mol. The standard InChI is InChI=1S/C30H39F3O/c1-3-5-7-8-9-20-10-11-22-18-23(13-12-21(22)17-20)25-19-24-14-15-26(34-16-6-4-2)29(32)27(24)30(33)28(25)31/h4,6,14-15,19-23H,3,5,7-13,16-18H2,1-2H3/b6-4+. The van der Waals surface area contributed by atoms with E-state index in [1.54, 1.807) is 24.3 Å². The molecule has 0 saturated heterocycles. The normalized spacial score (nSPS) is 25.1. The summed E-state index contributed by atoms with van der Waals surface area (Å²) in [5.74, 6) is -0.669. The van der Waals surface area contributed by atoms with Crippen molar-refractivity contribution in [1.29, 1.82) is 0 Å². The van der Waals surface area contributed by atoms with E-state index in [2.05, 4.69) is 6.92 Å². The molecule has 0 radical (unpaired) electrons. The van der Waals surface area contributed by atoms with Crippen LogP contribution in [0.1, 0.15) is 96.0 Å². The van der Waals surface area contributed by atoms with Gasteiger partial charge in [-0.05, 0) is 85.8 Å². The van der Waals surface area contributed by atoms with Gasteiger partial charge in [0.15, 0.2) is 23.2 Å². The van der Waals surface area contributed by atoms with Gasteiger partial charge in [-0.3, -0.25) is 0 Å². The third kappa shape index (κ3) is 5.47. The molecule has 0 N–H and O–H groups in total. The van der Waals surface area contributed by atoms with Gasteiger partial charge in [-0.1, -0.05) is 63.7 Å². The summed E-state index contributed by atoms with van der Waals surface area (Å²) in [6, 6.07) is 4.84. The van der Waals surface area contributed by atoms with Gasteiger partial charge in [0.2, 0.25) is 0 Å². The Morgan fingerprint density at radius 1 is 0.912 bits per heavy atom. The summed E-state index contributed by atoms with van der Waals surface area (Å²) in [5, 5.41) is 0.0965. The molecule has 4 atom stereocenters. The summed E-state index contributed by atoms with van der Waals surface area (Å²) in [7, 11) is 0. The zero-order chi connectivity index (χ0) is 24.1. The molecule has 0 amide bonds. The first-order valence-corrected chi connectivity index (χ1v) is 13.4. The molecule has 1 nitrogen and oxygen atoms in total. The van der Waals surface area contributed by atoms with E-state index in [9.17, 15) is 4.39 Å². The van der Waals surface area contributed by atoms with Crippen LogP contribution in [0.25, 0.3) is 10.8 Å². The first kappa shape index (κ1) is 25.1. The van der Waals surface area contributed by atoms with Gasteiger partial charge in [-0.2, -0.15) is 0 Å². The summed E-state index contributed by atoms with van der Waals surface area (Å²) < 4.78 is 50.7. The van der Waals surface area contributed by atoms with Crippen LogP contribution < -0.4 is 4.74 Å². The van der Waals surface area contributed by atoms with Crippen LogP contribution in [0.5, 0.6) is 5.75 Å². The van der Waals surface area contributed by atoms with E-state index in [1.807, 2.05) is 6.92 Å². The first-order chi connectivity index (χ1) is 16.5. The Balaban J connectivity index is 1.46. The maximum Gasteiger partial charge on any atom is 0.175 e. The van der Waals surface area contributed by atoms with Gasteiger partial charge in [-0.15, -0.1) is 0 Å². The lowest BCUT2D eigenvalue weighted by atomic mass is 9.63. The maximum absolute atomic E-state index is 15.2. The first-order valence-electron chi connectivity index (χ1n) is 13.4. The summed E-state index contributed by atoms with van der Waals surface area (Å²) in [6.07, 6.45) is 16.9. The Labute approximate surface area is 202 Å². The fourth-order valence-corrected chi connectivity index (χ4v) is 6.42. The quantitative estimate of drug-likeness (QED) is 0.261. The predicted octanol–water partition coefficient (Wildman–Crippen LogP) is 9.48. The highest BCUT2D eigenvalue weighted by Crippen LogP contribution is 2.49. The molecule has 34 heavy (non-hydrogen) atoms. The second-order valence-corrected chi connectivity index (χ2v) is 10.5. The van der Waals surface area contributed by atoms with Crippen molar-refractivity contribution in [3.8, 4) is 5.75 Å². The molecule has 2 aliphatic rings. The van der Waals surface area contributed by atoms with Crippen LogP contribution in [0.2, 0.25) is 0 Å². The van der Waals surface area contributed by atoms with Crippen LogP contribution in [0.15, 0.2) is 30.4 Å². The van der Waals surface area contributed by atoms with E-state index in [0.717, 1.165) is 31.1 Å². The lowest BCUT2D eigenvalue weighted by molar-refractivity contribution is 0.112. The SMILES string of the molecule is C/C=C/COc1ccc2cc(C3CCC4CC(CCCCCC)CCC4C3)c(F)c(F)c2c1F. The van der Waals surface area contributed by atoms with Gasteiger partial charge in [0.1, 0.15) is 6.61 Å². The maximum atomic E-state index is 15.2. The van der Waals surface area contributed by atoms with Crippen LogP contribution >= 0.6 is 0 Å². The lowest BCUT2D eigenvalue weighted by Crippen LogP contribution is -2.30. The van der Waals surface area contributed by atoms with Crippen molar-refractivity contribution in [3.63, 3.8) is 0 Å². The van der Waals surface area contributed by atoms with E-state index in [1.165, 1.54) is 57.4 Å². The van der Waals surface area contributed by atoms with E-state index in [0.29, 0.717) is 16.9 Å². The second kappa shape index (κ2) is 11.6. The molecule has 0 heterocycles. The van der Waals surface area contributed by atoms with Crippen LogP contribution in [-0.2, 0) is 0 Å². The molecule has 2 aliphatic carbocycles. The van der Waals surface area contributed by atoms with Crippen LogP contribution in [-0.4, -0.2) is 6.61 Å². The molecule has 2 aromatic rings. The number of rotatable bonds is 9. The molecule has 2 saturated carbocycles. The van der Waals surface area contributed by atoms with E-state index < -0.39 is 17.5 Å². The lowest BCUT2D eigenvalue weighted by Gasteiger charge is -2.42. The number of ether oxygens (including phenoxy) is 1. The molecule has 4 unspecified atom stereocenters. The molecule has 4 rings (SSSR count). The Kier molecular flexibility index (Phi) is 8.60. The molecule has 4 heteroatoms. The number of hydrogen-bond donors (Lipinski definition) is 0. The highest BCUT2D eigenvalue weighted by molar-refractivity contribution is 5.86. The predicted molar refractivity (Wildman–Crippen MR) is 134 cm³/mol. The van der Waals surface area contributed by atoms with E-state index in [-0.39, 0.29) is 23.7 Å². The van der Waals surface area contributed by atoms with E-state index >= 15 is 8.78 Å². The highest BCUT2D eigenvalue weighted by atomic mass is 19.2. The van der Waals surface area contributed by atoms with Crippen molar-refractivity contribution in [3.05, 3.63) is 53.4 Å². The summed E-state index contributed by atoms with van der Waals surface area (Å²) >= 11 is 0. The Bertz CT molecular complexity index is 998. The van der Waals surface area contributed by atoms with Crippen molar-refractivity contribution in [2.75, 3.05) is 6.61 Å². The molecule has 2 aromatic carbocycles. The Morgan fingerprint density at radius 2 is 1.71 bits per heavy atom. The van der Waals surface area contributed by atoms with Crippen molar-refractivity contribution in [2.24, 2.45) is 17.8 Å². The minimum atomic E-state index is -1.08. The van der Waals surface area contributed by atoms with Crippen LogP contribution in [0.3, 0.4) is 0 Å². The fourth-order valence-electron chi connectivity index (χ4n) is 6.42. The molecule has 2 fully saturated rings. The topological polar surface area (TPSA) is 9.23 Å². The second-order valence-electron chi connectivity index (χ2n) is 10.5. The van der Waals surface area contributed by atoms with E-state index in [4.69, 9.17) is 4.74 Å². The number of fused-ring (bicyclic) bond motifs is 2. The zero-order valence-electron chi connectivity index (χ0n) is 20.7. The smallest absolute Gasteiger partial charge is 0.175 e. The van der Waals surface area contributed by atoms with Crippen molar-refractivity contribution < 1.29 is 17.9 Å². The van der Waals surface area contributed by atoms with Gasteiger partial charge >= 0.3 is 0 Å². The Hall–Kier alpha value is -1.97. The van der Waals surface area contributed by atoms with Crippen molar-refractivity contribution in [2.45, 2.75) is 90.4 Å². The third-order valence-electron chi connectivity index (χ3n) is 8.31. The number of benzene rings is 2. The number of allylic oxidation sites excluding steroid dienone is 1. The summed E-state index contributed by atoms with van der Waals surface area (Å²) in [5.41, 5.74) is 0.423. The number of unbranched alkanes of at least 4 members (excludes halogenated alkanes) is 3. The highest BCUT2D eigenvalue weighted by Gasteiger charge is 2.37. The van der Waals surface area contributed by atoms with Gasteiger partial charge in [0.05, 0.1) is 5.39 Å². The fraction of sp³-hybridized carbons (Fsp3) is 0.600. The van der Waals surface area contributed by atoms with Gasteiger partial charge in [0, 0.05) is 0 Å². The average Bonchev–Trinajstić information content (AvgIpc) is 2.85. The van der Waals surface area contributed by atoms with Crippen molar-refractivity contribution >= 4 is 10.8 Å². The molecule has 0 aromatic heterocycles. The summed E-state index contributed by atoms with van der Waals surface area (Å²) in [6.45, 7) is 4.28. The minimum absolute atomic E-state index is 0.00920. The van der Waals surface area contributed by atoms with Gasteiger partial charge < -0.3 is 4.74 Å². The number of halogens is 3. The molecule has 186 valence electrons. The largest absolute Gasteiger partial charge is 0.486 e. The molecular formula is C30H39F3O. The average molecular weight is 473 g/mol. The van der Waals surface area contributed by atoms with Crippen LogP contribution in [0, 0.1) is 35.2 Å². The van der Waals surface area contributed by atoms with Gasteiger partial charge in [-0.25, -0.2) is 13.2 Å². The molecule has 0 bridgehead atoms. The number of hydrogen-bond acceptors (Lipinski definition) is 1. The zero-order valence-corrected chi connectivity index (χ0v) is 20.7. The van der Waals surface area contributed by atoms with Crippen molar-refractivity contribution in [1.82, 2.24) is 0 Å². The third-order valence-corrected chi connectivity index (χ3v) is 8.31. The molecule has 0 spiro atoms. The summed E-state index contributed by atoms with van der Waals surface area (Å²) in [4.78, 5) is 0.